The van der Waals surface area contributed by atoms with Gasteiger partial charge < -0.3 is 15.0 Å². The largest absolute Gasteiger partial charge is 0.381 e. The minimum absolute atomic E-state index is 0.492. The number of piperidine rings is 1. The van der Waals surface area contributed by atoms with Crippen molar-refractivity contribution >= 4 is 11.2 Å². The first-order valence-corrected chi connectivity index (χ1v) is 7.54. The van der Waals surface area contributed by atoms with Gasteiger partial charge in [-0.1, -0.05) is 0 Å². The van der Waals surface area contributed by atoms with Crippen molar-refractivity contribution in [2.24, 2.45) is 0 Å². The standard InChI is InChI=1S/C15H20N4O/c1-4-16-5-2-10(1)14-18-13-7-12(8-17-15(13)19-14)11-3-6-20-9-11/h7-8,10-11,16H,1-6,9H2,(H,17,18,19). The van der Waals surface area contributed by atoms with E-state index in [1.165, 1.54) is 5.56 Å². The number of aromatic amines is 1. The number of nitrogens with zero attached hydrogens (tertiary/aromatic N) is 2. The monoisotopic (exact) mass is 272 g/mol. The van der Waals surface area contributed by atoms with Gasteiger partial charge in [0, 0.05) is 24.6 Å². The third-order valence-corrected chi connectivity index (χ3v) is 4.50. The number of fused-ring (bicyclic) bond motifs is 1. The van der Waals surface area contributed by atoms with Crippen molar-refractivity contribution in [2.75, 3.05) is 26.3 Å². The predicted octanol–water partition coefficient (Wildman–Crippen LogP) is 1.93. The summed E-state index contributed by atoms with van der Waals surface area (Å²) in [6.07, 6.45) is 5.39. The van der Waals surface area contributed by atoms with Crippen LogP contribution in [0, 0.1) is 0 Å². The van der Waals surface area contributed by atoms with E-state index in [-0.39, 0.29) is 0 Å². The summed E-state index contributed by atoms with van der Waals surface area (Å²) in [5.41, 5.74) is 3.18. The number of aromatic nitrogens is 3. The normalized spacial score (nSPS) is 24.5. The maximum Gasteiger partial charge on any atom is 0.157 e. The molecule has 0 radical (unpaired) electrons. The van der Waals surface area contributed by atoms with Crippen molar-refractivity contribution in [3.05, 3.63) is 23.7 Å². The van der Waals surface area contributed by atoms with E-state index in [1.54, 1.807) is 0 Å². The van der Waals surface area contributed by atoms with Crippen molar-refractivity contribution in [3.8, 4) is 0 Å². The molecule has 0 aliphatic carbocycles. The van der Waals surface area contributed by atoms with Crippen LogP contribution in [-0.4, -0.2) is 41.3 Å². The van der Waals surface area contributed by atoms with Crippen LogP contribution in [0.15, 0.2) is 12.3 Å². The second-order valence-electron chi connectivity index (χ2n) is 5.84. The third kappa shape index (κ3) is 2.21. The van der Waals surface area contributed by atoms with Crippen molar-refractivity contribution in [1.82, 2.24) is 20.3 Å². The van der Waals surface area contributed by atoms with Gasteiger partial charge in [0.1, 0.15) is 11.3 Å². The Balaban J connectivity index is 1.64. The van der Waals surface area contributed by atoms with Crippen molar-refractivity contribution in [2.45, 2.75) is 31.1 Å². The Bertz CT molecular complexity index is 597. The molecule has 0 aromatic carbocycles. The Morgan fingerprint density at radius 2 is 2.05 bits per heavy atom. The molecule has 0 spiro atoms. The van der Waals surface area contributed by atoms with Crippen molar-refractivity contribution in [3.63, 3.8) is 0 Å². The summed E-state index contributed by atoms with van der Waals surface area (Å²) < 4.78 is 5.46. The highest BCUT2D eigenvalue weighted by molar-refractivity contribution is 5.71. The van der Waals surface area contributed by atoms with E-state index in [1.807, 2.05) is 6.20 Å². The first-order valence-electron chi connectivity index (χ1n) is 7.54. The van der Waals surface area contributed by atoms with Crippen LogP contribution in [0.3, 0.4) is 0 Å². The zero-order chi connectivity index (χ0) is 13.4. The van der Waals surface area contributed by atoms with Crippen LogP contribution in [0.25, 0.3) is 11.2 Å². The van der Waals surface area contributed by atoms with E-state index in [2.05, 4.69) is 21.4 Å². The second kappa shape index (κ2) is 5.14. The molecule has 106 valence electrons. The van der Waals surface area contributed by atoms with Crippen LogP contribution in [-0.2, 0) is 4.74 Å². The average Bonchev–Trinajstić information content (AvgIpc) is 3.16. The molecule has 2 aliphatic rings. The fourth-order valence-corrected chi connectivity index (χ4v) is 3.24. The van der Waals surface area contributed by atoms with Gasteiger partial charge in [-0.05, 0) is 44.0 Å². The lowest BCUT2D eigenvalue weighted by Crippen LogP contribution is -2.27. The molecule has 20 heavy (non-hydrogen) atoms. The number of H-pyrrole nitrogens is 1. The quantitative estimate of drug-likeness (QED) is 0.877. The molecule has 2 aromatic heterocycles. The highest BCUT2D eigenvalue weighted by atomic mass is 16.5. The summed E-state index contributed by atoms with van der Waals surface area (Å²) in [6, 6.07) is 2.18. The number of hydrogen-bond acceptors (Lipinski definition) is 4. The summed E-state index contributed by atoms with van der Waals surface area (Å²) in [4.78, 5) is 12.7. The predicted molar refractivity (Wildman–Crippen MR) is 76.9 cm³/mol. The van der Waals surface area contributed by atoms with E-state index in [4.69, 9.17) is 9.72 Å². The molecule has 1 atom stereocenters. The molecule has 4 heterocycles. The molecular formula is C15H20N4O. The fraction of sp³-hybridized carbons (Fsp3) is 0.600. The van der Waals surface area contributed by atoms with E-state index in [0.29, 0.717) is 11.8 Å². The Labute approximate surface area is 118 Å². The number of imidazole rings is 1. The number of pyridine rings is 1. The first-order chi connectivity index (χ1) is 9.90. The van der Waals surface area contributed by atoms with Crippen LogP contribution in [0.1, 0.15) is 42.5 Å². The molecule has 2 aliphatic heterocycles. The van der Waals surface area contributed by atoms with Crippen LogP contribution < -0.4 is 5.32 Å². The topological polar surface area (TPSA) is 62.8 Å². The van der Waals surface area contributed by atoms with Gasteiger partial charge >= 0.3 is 0 Å². The van der Waals surface area contributed by atoms with E-state index in [0.717, 1.165) is 62.6 Å². The molecule has 4 rings (SSSR count). The molecule has 2 N–H and O–H groups in total. The molecule has 5 nitrogen and oxygen atoms in total. The number of nitrogens with one attached hydrogen (secondary N) is 2. The molecule has 2 aromatic rings. The zero-order valence-electron chi connectivity index (χ0n) is 11.6. The summed E-state index contributed by atoms with van der Waals surface area (Å²) in [6.45, 7) is 3.85. The number of hydrogen-bond donors (Lipinski definition) is 2. The highest BCUT2D eigenvalue weighted by Gasteiger charge is 2.21. The van der Waals surface area contributed by atoms with Gasteiger partial charge in [0.2, 0.25) is 0 Å². The van der Waals surface area contributed by atoms with Gasteiger partial charge in [0.05, 0.1) is 6.61 Å². The Morgan fingerprint density at radius 1 is 1.15 bits per heavy atom. The molecular weight excluding hydrogens is 252 g/mol. The number of ether oxygens (including phenoxy) is 1. The minimum atomic E-state index is 0.492. The van der Waals surface area contributed by atoms with Crippen molar-refractivity contribution < 1.29 is 4.74 Å². The average molecular weight is 272 g/mol. The minimum Gasteiger partial charge on any atom is -0.381 e. The summed E-state index contributed by atoms with van der Waals surface area (Å²) in [5.74, 6) is 2.14. The van der Waals surface area contributed by atoms with Gasteiger partial charge in [0.15, 0.2) is 5.65 Å². The van der Waals surface area contributed by atoms with E-state index >= 15 is 0 Å². The third-order valence-electron chi connectivity index (χ3n) is 4.50. The van der Waals surface area contributed by atoms with Gasteiger partial charge in [-0.3, -0.25) is 0 Å². The van der Waals surface area contributed by atoms with Crippen LogP contribution in [0.4, 0.5) is 0 Å². The van der Waals surface area contributed by atoms with Gasteiger partial charge in [-0.15, -0.1) is 0 Å². The molecule has 0 saturated carbocycles. The van der Waals surface area contributed by atoms with Crippen molar-refractivity contribution in [1.29, 1.82) is 0 Å². The lowest BCUT2D eigenvalue weighted by Gasteiger charge is -2.20. The first kappa shape index (κ1) is 12.3. The lowest BCUT2D eigenvalue weighted by atomic mass is 9.98. The Hall–Kier alpha value is -1.46. The van der Waals surface area contributed by atoms with Gasteiger partial charge in [-0.25, -0.2) is 9.97 Å². The van der Waals surface area contributed by atoms with Gasteiger partial charge in [-0.2, -0.15) is 0 Å². The molecule has 0 bridgehead atoms. The molecule has 5 heteroatoms. The zero-order valence-corrected chi connectivity index (χ0v) is 11.6. The van der Waals surface area contributed by atoms with Crippen LogP contribution >= 0.6 is 0 Å². The van der Waals surface area contributed by atoms with Gasteiger partial charge in [0.25, 0.3) is 0 Å². The second-order valence-corrected chi connectivity index (χ2v) is 5.84. The maximum absolute atomic E-state index is 5.46. The summed E-state index contributed by atoms with van der Waals surface area (Å²) in [5, 5.41) is 3.39. The Morgan fingerprint density at radius 3 is 2.85 bits per heavy atom. The molecule has 2 fully saturated rings. The molecule has 2 saturated heterocycles. The van der Waals surface area contributed by atoms with Crippen LogP contribution in [0.5, 0.6) is 0 Å². The summed E-state index contributed by atoms with van der Waals surface area (Å²) >= 11 is 0. The SMILES string of the molecule is c1nc2[nH]c(C3CCNCC3)nc2cc1C1CCOC1. The smallest absolute Gasteiger partial charge is 0.157 e. The van der Waals surface area contributed by atoms with E-state index in [9.17, 15) is 0 Å². The highest BCUT2D eigenvalue weighted by Crippen LogP contribution is 2.28. The van der Waals surface area contributed by atoms with Crippen LogP contribution in [0.2, 0.25) is 0 Å². The maximum atomic E-state index is 5.46. The fourth-order valence-electron chi connectivity index (χ4n) is 3.24. The molecule has 0 amide bonds. The number of rotatable bonds is 2. The molecule has 1 unspecified atom stereocenters. The Kier molecular flexibility index (Phi) is 3.16. The lowest BCUT2D eigenvalue weighted by molar-refractivity contribution is 0.194. The van der Waals surface area contributed by atoms with E-state index < -0.39 is 0 Å². The summed E-state index contributed by atoms with van der Waals surface area (Å²) in [7, 11) is 0.